The van der Waals surface area contributed by atoms with Crippen molar-refractivity contribution in [3.05, 3.63) is 59.9 Å². The maximum atomic E-state index is 5.82. The standard InChI is InChI=1S/C17H20N2O.ClH/c1-19(2)13-14-20-17-9-4-3-7-15(17)10-11-16-8-5-6-12-18-16;/h3-12H,13-14H2,1-2H3;1H. The van der Waals surface area contributed by atoms with Crippen LogP contribution in [0.2, 0.25) is 0 Å². The second-order valence-electron chi connectivity index (χ2n) is 4.78. The fraction of sp³-hybridized carbons (Fsp3) is 0.235. The zero-order valence-corrected chi connectivity index (χ0v) is 13.2. The summed E-state index contributed by atoms with van der Waals surface area (Å²) in [6.45, 7) is 1.58. The molecule has 1 heterocycles. The number of hydrogen-bond acceptors (Lipinski definition) is 3. The molecule has 1 aromatic heterocycles. The third-order valence-corrected chi connectivity index (χ3v) is 2.84. The first-order valence-electron chi connectivity index (χ1n) is 6.71. The van der Waals surface area contributed by atoms with E-state index in [2.05, 4.69) is 9.88 Å². The quantitative estimate of drug-likeness (QED) is 0.815. The lowest BCUT2D eigenvalue weighted by atomic mass is 10.1. The van der Waals surface area contributed by atoms with Crippen LogP contribution in [0.5, 0.6) is 5.75 Å². The van der Waals surface area contributed by atoms with Crippen molar-refractivity contribution in [2.45, 2.75) is 0 Å². The van der Waals surface area contributed by atoms with Crippen LogP contribution in [-0.2, 0) is 0 Å². The van der Waals surface area contributed by atoms with E-state index in [9.17, 15) is 0 Å². The molecule has 0 spiro atoms. The Morgan fingerprint density at radius 3 is 2.52 bits per heavy atom. The summed E-state index contributed by atoms with van der Waals surface area (Å²) < 4.78 is 5.82. The van der Waals surface area contributed by atoms with E-state index in [1.165, 1.54) is 0 Å². The van der Waals surface area contributed by atoms with Gasteiger partial charge in [0.15, 0.2) is 0 Å². The molecular weight excluding hydrogens is 284 g/mol. The van der Waals surface area contributed by atoms with Crippen LogP contribution >= 0.6 is 12.4 Å². The van der Waals surface area contributed by atoms with Gasteiger partial charge in [0.05, 0.1) is 5.69 Å². The zero-order valence-electron chi connectivity index (χ0n) is 12.4. The van der Waals surface area contributed by atoms with Gasteiger partial charge in [0.2, 0.25) is 0 Å². The van der Waals surface area contributed by atoms with Crippen molar-refractivity contribution in [1.82, 2.24) is 9.88 Å². The Balaban J connectivity index is 0.00000220. The highest BCUT2D eigenvalue weighted by molar-refractivity contribution is 5.85. The van der Waals surface area contributed by atoms with E-state index in [-0.39, 0.29) is 12.4 Å². The van der Waals surface area contributed by atoms with Gasteiger partial charge in [0.25, 0.3) is 0 Å². The fourth-order valence-electron chi connectivity index (χ4n) is 1.74. The second-order valence-corrected chi connectivity index (χ2v) is 4.78. The van der Waals surface area contributed by atoms with Crippen molar-refractivity contribution in [3.8, 4) is 5.75 Å². The SMILES string of the molecule is CN(C)CCOc1ccccc1C=Cc1ccccn1.Cl. The molecule has 2 rings (SSSR count). The smallest absolute Gasteiger partial charge is 0.126 e. The number of rotatable bonds is 6. The van der Waals surface area contributed by atoms with Crippen LogP contribution in [0, 0.1) is 0 Å². The lowest BCUT2D eigenvalue weighted by Gasteiger charge is -2.12. The van der Waals surface area contributed by atoms with Gasteiger partial charge in [-0.1, -0.05) is 24.3 Å². The number of aromatic nitrogens is 1. The molecule has 112 valence electrons. The summed E-state index contributed by atoms with van der Waals surface area (Å²) in [5.74, 6) is 0.904. The molecule has 2 aromatic rings. The maximum absolute atomic E-state index is 5.82. The number of hydrogen-bond donors (Lipinski definition) is 0. The van der Waals surface area contributed by atoms with E-state index < -0.39 is 0 Å². The monoisotopic (exact) mass is 304 g/mol. The molecule has 4 heteroatoms. The highest BCUT2D eigenvalue weighted by Crippen LogP contribution is 2.20. The minimum Gasteiger partial charge on any atom is -0.492 e. The molecule has 0 amide bonds. The molecule has 0 atom stereocenters. The number of ether oxygens (including phenoxy) is 1. The number of nitrogens with zero attached hydrogens (tertiary/aromatic N) is 2. The summed E-state index contributed by atoms with van der Waals surface area (Å²) in [6.07, 6.45) is 5.82. The molecule has 21 heavy (non-hydrogen) atoms. The summed E-state index contributed by atoms with van der Waals surface area (Å²) in [4.78, 5) is 6.38. The summed E-state index contributed by atoms with van der Waals surface area (Å²) in [5.41, 5.74) is 2.01. The fourth-order valence-corrected chi connectivity index (χ4v) is 1.74. The van der Waals surface area contributed by atoms with E-state index in [0.717, 1.165) is 23.6 Å². The number of benzene rings is 1. The van der Waals surface area contributed by atoms with Crippen LogP contribution in [0.1, 0.15) is 11.3 Å². The number of likely N-dealkylation sites (N-methyl/N-ethyl adjacent to an activating group) is 1. The van der Waals surface area contributed by atoms with Crippen molar-refractivity contribution in [2.24, 2.45) is 0 Å². The maximum Gasteiger partial charge on any atom is 0.126 e. The first-order valence-corrected chi connectivity index (χ1v) is 6.71. The largest absolute Gasteiger partial charge is 0.492 e. The van der Waals surface area contributed by atoms with Crippen LogP contribution in [0.4, 0.5) is 0 Å². The predicted octanol–water partition coefficient (Wildman–Crippen LogP) is 3.61. The molecule has 0 aliphatic carbocycles. The van der Waals surface area contributed by atoms with Gasteiger partial charge in [-0.05, 0) is 44.4 Å². The van der Waals surface area contributed by atoms with Gasteiger partial charge in [0, 0.05) is 18.3 Å². The topological polar surface area (TPSA) is 25.4 Å². The van der Waals surface area contributed by atoms with Crippen LogP contribution in [-0.4, -0.2) is 37.1 Å². The molecular formula is C17H21ClN2O. The van der Waals surface area contributed by atoms with E-state index >= 15 is 0 Å². The minimum atomic E-state index is 0. The normalized spacial score (nSPS) is 10.6. The Labute approximate surface area is 132 Å². The molecule has 0 aliphatic rings. The molecule has 3 nitrogen and oxygen atoms in total. The first-order chi connectivity index (χ1) is 9.75. The van der Waals surface area contributed by atoms with Gasteiger partial charge in [-0.2, -0.15) is 0 Å². The average molecular weight is 305 g/mol. The van der Waals surface area contributed by atoms with Crippen molar-refractivity contribution < 1.29 is 4.74 Å². The molecule has 0 aliphatic heterocycles. The van der Waals surface area contributed by atoms with Crippen LogP contribution in [0.25, 0.3) is 12.2 Å². The Bertz CT molecular complexity index is 556. The Hall–Kier alpha value is -1.84. The molecule has 0 radical (unpaired) electrons. The lowest BCUT2D eigenvalue weighted by Crippen LogP contribution is -2.19. The van der Waals surface area contributed by atoms with Gasteiger partial charge in [-0.15, -0.1) is 12.4 Å². The Morgan fingerprint density at radius 1 is 1.05 bits per heavy atom. The van der Waals surface area contributed by atoms with Crippen LogP contribution in [0.15, 0.2) is 48.7 Å². The summed E-state index contributed by atoms with van der Waals surface area (Å²) in [6, 6.07) is 13.9. The van der Waals surface area contributed by atoms with Crippen LogP contribution < -0.4 is 4.74 Å². The first kappa shape index (κ1) is 17.2. The third-order valence-electron chi connectivity index (χ3n) is 2.84. The highest BCUT2D eigenvalue weighted by Gasteiger charge is 2.00. The van der Waals surface area contributed by atoms with Gasteiger partial charge in [-0.25, -0.2) is 0 Å². The number of halogens is 1. The van der Waals surface area contributed by atoms with E-state index in [0.29, 0.717) is 6.61 Å². The van der Waals surface area contributed by atoms with Gasteiger partial charge in [-0.3, -0.25) is 4.98 Å². The summed E-state index contributed by atoms with van der Waals surface area (Å²) in [5, 5.41) is 0. The van der Waals surface area contributed by atoms with Gasteiger partial charge in [0.1, 0.15) is 12.4 Å². The molecule has 0 saturated heterocycles. The van der Waals surface area contributed by atoms with E-state index in [1.54, 1.807) is 6.20 Å². The minimum absolute atomic E-state index is 0. The molecule has 0 saturated carbocycles. The number of para-hydroxylation sites is 1. The van der Waals surface area contributed by atoms with Crippen molar-refractivity contribution in [3.63, 3.8) is 0 Å². The zero-order chi connectivity index (χ0) is 14.2. The summed E-state index contributed by atoms with van der Waals surface area (Å²) >= 11 is 0. The Morgan fingerprint density at radius 2 is 1.81 bits per heavy atom. The van der Waals surface area contributed by atoms with Crippen molar-refractivity contribution >= 4 is 24.6 Å². The van der Waals surface area contributed by atoms with E-state index in [1.807, 2.05) is 68.7 Å². The number of pyridine rings is 1. The predicted molar refractivity (Wildman–Crippen MR) is 90.9 cm³/mol. The van der Waals surface area contributed by atoms with Gasteiger partial charge >= 0.3 is 0 Å². The van der Waals surface area contributed by atoms with E-state index in [4.69, 9.17) is 4.74 Å². The molecule has 1 aromatic carbocycles. The van der Waals surface area contributed by atoms with Gasteiger partial charge < -0.3 is 9.64 Å². The molecule has 0 N–H and O–H groups in total. The van der Waals surface area contributed by atoms with Crippen LogP contribution in [0.3, 0.4) is 0 Å². The molecule has 0 fully saturated rings. The lowest BCUT2D eigenvalue weighted by molar-refractivity contribution is 0.261. The molecule has 0 unspecified atom stereocenters. The Kier molecular flexibility index (Phi) is 7.51. The summed E-state index contributed by atoms with van der Waals surface area (Å²) in [7, 11) is 4.08. The van der Waals surface area contributed by atoms with Crippen molar-refractivity contribution in [2.75, 3.05) is 27.2 Å². The highest BCUT2D eigenvalue weighted by atomic mass is 35.5. The average Bonchev–Trinajstić information content (AvgIpc) is 2.47. The third kappa shape index (κ3) is 5.98. The second kappa shape index (κ2) is 9.16. The van der Waals surface area contributed by atoms with Crippen molar-refractivity contribution in [1.29, 1.82) is 0 Å². The molecule has 0 bridgehead atoms.